The van der Waals surface area contributed by atoms with E-state index in [1.54, 1.807) is 45.2 Å². The van der Waals surface area contributed by atoms with Crippen molar-refractivity contribution in [2.75, 3.05) is 23.8 Å². The largest absolute Gasteiger partial charge is 0.360 e. The molecule has 0 spiro atoms. The Kier molecular flexibility index (Phi) is 5.66. The fraction of sp³-hybridized carbons (Fsp3) is 0.235. The van der Waals surface area contributed by atoms with Gasteiger partial charge in [-0.1, -0.05) is 23.2 Å². The summed E-state index contributed by atoms with van der Waals surface area (Å²) in [5.74, 6) is 0.183. The molecule has 7 heteroatoms. The summed E-state index contributed by atoms with van der Waals surface area (Å²) in [6, 6.07) is 9.03. The number of aryl methyl sites for hydroxylation is 1. The summed E-state index contributed by atoms with van der Waals surface area (Å²) in [5, 5.41) is 13.3. The highest BCUT2D eigenvalue weighted by Gasteiger charge is 2.16. The molecule has 1 heterocycles. The van der Waals surface area contributed by atoms with Gasteiger partial charge in [0.25, 0.3) is 0 Å². The Morgan fingerprint density at radius 1 is 1.29 bits per heavy atom. The number of likely N-dealkylation sites (N-methyl/N-ethyl adjacent to an activating group) is 1. The quantitative estimate of drug-likeness (QED) is 0.893. The van der Waals surface area contributed by atoms with Crippen molar-refractivity contribution in [1.82, 2.24) is 4.98 Å². The third kappa shape index (κ3) is 3.78. The molecular weight excluding hydrogens is 347 g/mol. The molecule has 0 unspecified atom stereocenters. The van der Waals surface area contributed by atoms with E-state index in [9.17, 15) is 10.1 Å². The van der Waals surface area contributed by atoms with Crippen LogP contribution >= 0.6 is 23.2 Å². The maximum Gasteiger partial charge on any atom is 0.246 e. The molecule has 0 aliphatic rings. The van der Waals surface area contributed by atoms with E-state index < -0.39 is 0 Å². The molecule has 0 aliphatic carbocycles. The van der Waals surface area contributed by atoms with Crippen molar-refractivity contribution in [3.8, 4) is 6.07 Å². The topological polar surface area (TPSA) is 69.0 Å². The second-order valence-corrected chi connectivity index (χ2v) is 6.07. The number of amides is 1. The Morgan fingerprint density at radius 3 is 2.50 bits per heavy atom. The van der Waals surface area contributed by atoms with Crippen LogP contribution in [-0.4, -0.2) is 24.5 Å². The number of nitrogens with one attached hydrogen (secondary N) is 1. The fourth-order valence-corrected chi connectivity index (χ4v) is 2.45. The number of nitrogens with zero attached hydrogens (tertiary/aromatic N) is 3. The molecule has 5 nitrogen and oxygen atoms in total. The second-order valence-electron chi connectivity index (χ2n) is 5.25. The van der Waals surface area contributed by atoms with Crippen molar-refractivity contribution in [3.05, 3.63) is 51.1 Å². The first kappa shape index (κ1) is 18.1. The van der Waals surface area contributed by atoms with Gasteiger partial charge in [0.2, 0.25) is 5.91 Å². The summed E-state index contributed by atoms with van der Waals surface area (Å²) in [5.41, 5.74) is 2.32. The minimum atomic E-state index is -0.173. The normalized spacial score (nSPS) is 10.2. The van der Waals surface area contributed by atoms with Gasteiger partial charge in [-0.15, -0.1) is 0 Å². The van der Waals surface area contributed by atoms with Crippen LogP contribution in [0.3, 0.4) is 0 Å². The van der Waals surface area contributed by atoms with Crippen LogP contribution in [0.2, 0.25) is 10.0 Å². The van der Waals surface area contributed by atoms with E-state index in [4.69, 9.17) is 23.2 Å². The van der Waals surface area contributed by atoms with Gasteiger partial charge < -0.3 is 10.2 Å². The molecule has 2 aromatic rings. The standard InChI is InChI=1S/C17H16Cl2N4O/c1-10-14(8-20)17(22-11(2)16(10)19)21-9-15(24)23(3)13-6-4-12(18)5-7-13/h4-7H,9H2,1-3H3,(H,21,22). The van der Waals surface area contributed by atoms with Gasteiger partial charge in [-0.3, -0.25) is 4.79 Å². The third-order valence-electron chi connectivity index (χ3n) is 3.65. The monoisotopic (exact) mass is 362 g/mol. The predicted octanol–water partition coefficient (Wildman–Crippen LogP) is 3.95. The van der Waals surface area contributed by atoms with E-state index in [0.717, 1.165) is 5.69 Å². The van der Waals surface area contributed by atoms with Crippen LogP contribution < -0.4 is 10.2 Å². The van der Waals surface area contributed by atoms with E-state index in [1.807, 2.05) is 0 Å². The van der Waals surface area contributed by atoms with Gasteiger partial charge in [-0.2, -0.15) is 5.26 Å². The lowest BCUT2D eigenvalue weighted by molar-refractivity contribution is -0.116. The number of pyridine rings is 1. The van der Waals surface area contributed by atoms with Crippen molar-refractivity contribution in [2.24, 2.45) is 0 Å². The number of carbonyl (C=O) groups is 1. The summed E-state index contributed by atoms with van der Waals surface area (Å²) in [6.45, 7) is 3.51. The molecule has 1 amide bonds. The van der Waals surface area contributed by atoms with Crippen LogP contribution in [-0.2, 0) is 4.79 Å². The zero-order valence-corrected chi connectivity index (χ0v) is 15.0. The molecule has 0 saturated heterocycles. The number of anilines is 2. The first-order chi connectivity index (χ1) is 11.3. The molecule has 2 rings (SSSR count). The van der Waals surface area contributed by atoms with Crippen LogP contribution in [0.4, 0.5) is 11.5 Å². The molecule has 1 aromatic heterocycles. The summed E-state index contributed by atoms with van der Waals surface area (Å²) in [7, 11) is 1.67. The summed E-state index contributed by atoms with van der Waals surface area (Å²) < 4.78 is 0. The van der Waals surface area contributed by atoms with Gasteiger partial charge >= 0.3 is 0 Å². The maximum absolute atomic E-state index is 12.3. The Hall–Kier alpha value is -2.29. The van der Waals surface area contributed by atoms with E-state index in [2.05, 4.69) is 16.4 Å². The van der Waals surface area contributed by atoms with Gasteiger partial charge in [0.15, 0.2) is 0 Å². The second kappa shape index (κ2) is 7.52. The van der Waals surface area contributed by atoms with Crippen molar-refractivity contribution < 1.29 is 4.79 Å². The van der Waals surface area contributed by atoms with E-state index in [0.29, 0.717) is 32.7 Å². The Labute approximate surface area is 150 Å². The van der Waals surface area contributed by atoms with Crippen LogP contribution in [0.5, 0.6) is 0 Å². The summed E-state index contributed by atoms with van der Waals surface area (Å²) >= 11 is 12.0. The number of carbonyl (C=O) groups excluding carboxylic acids is 1. The number of hydrogen-bond donors (Lipinski definition) is 1. The average molecular weight is 363 g/mol. The average Bonchev–Trinajstić information content (AvgIpc) is 2.57. The van der Waals surface area contributed by atoms with Crippen LogP contribution in [0.1, 0.15) is 16.8 Å². The smallest absolute Gasteiger partial charge is 0.246 e. The predicted molar refractivity (Wildman–Crippen MR) is 96.8 cm³/mol. The zero-order valence-electron chi connectivity index (χ0n) is 13.5. The number of halogens is 2. The minimum Gasteiger partial charge on any atom is -0.360 e. The third-order valence-corrected chi connectivity index (χ3v) is 4.45. The van der Waals surface area contributed by atoms with Crippen LogP contribution in [0.25, 0.3) is 0 Å². The van der Waals surface area contributed by atoms with Gasteiger partial charge in [-0.25, -0.2) is 4.98 Å². The van der Waals surface area contributed by atoms with Crippen molar-refractivity contribution in [1.29, 1.82) is 5.26 Å². The Bertz CT molecular complexity index is 813. The molecule has 1 aromatic carbocycles. The number of aromatic nitrogens is 1. The molecule has 0 atom stereocenters. The highest BCUT2D eigenvalue weighted by Crippen LogP contribution is 2.26. The van der Waals surface area contributed by atoms with E-state index in [1.165, 1.54) is 4.90 Å². The molecule has 0 aliphatic heterocycles. The molecule has 0 saturated carbocycles. The molecule has 124 valence electrons. The van der Waals surface area contributed by atoms with Gasteiger partial charge in [0.1, 0.15) is 11.9 Å². The minimum absolute atomic E-state index is 0.00131. The lowest BCUT2D eigenvalue weighted by Crippen LogP contribution is -2.32. The highest BCUT2D eigenvalue weighted by molar-refractivity contribution is 6.32. The van der Waals surface area contributed by atoms with E-state index in [-0.39, 0.29) is 12.5 Å². The number of rotatable bonds is 4. The maximum atomic E-state index is 12.3. The molecule has 24 heavy (non-hydrogen) atoms. The molecule has 0 radical (unpaired) electrons. The Balaban J connectivity index is 2.15. The first-order valence-electron chi connectivity index (χ1n) is 7.18. The Morgan fingerprint density at radius 2 is 1.92 bits per heavy atom. The van der Waals surface area contributed by atoms with Crippen molar-refractivity contribution in [2.45, 2.75) is 13.8 Å². The molecular formula is C17H16Cl2N4O. The zero-order chi connectivity index (χ0) is 17.9. The summed E-state index contributed by atoms with van der Waals surface area (Å²) in [4.78, 5) is 18.1. The van der Waals surface area contributed by atoms with Crippen molar-refractivity contribution >= 4 is 40.6 Å². The highest BCUT2D eigenvalue weighted by atomic mass is 35.5. The lowest BCUT2D eigenvalue weighted by atomic mass is 10.1. The van der Waals surface area contributed by atoms with Crippen molar-refractivity contribution in [3.63, 3.8) is 0 Å². The first-order valence-corrected chi connectivity index (χ1v) is 7.93. The molecule has 1 N–H and O–H groups in total. The molecule has 0 fully saturated rings. The fourth-order valence-electron chi connectivity index (χ4n) is 2.18. The lowest BCUT2D eigenvalue weighted by Gasteiger charge is -2.18. The van der Waals surface area contributed by atoms with Gasteiger partial charge in [0.05, 0.1) is 22.8 Å². The SMILES string of the molecule is Cc1nc(NCC(=O)N(C)c2ccc(Cl)cc2)c(C#N)c(C)c1Cl. The van der Waals surface area contributed by atoms with E-state index >= 15 is 0 Å². The summed E-state index contributed by atoms with van der Waals surface area (Å²) in [6.07, 6.45) is 0. The van der Waals surface area contributed by atoms with Crippen LogP contribution in [0.15, 0.2) is 24.3 Å². The number of hydrogen-bond acceptors (Lipinski definition) is 4. The van der Waals surface area contributed by atoms with Crippen LogP contribution in [0, 0.1) is 25.2 Å². The number of benzene rings is 1. The van der Waals surface area contributed by atoms with Gasteiger partial charge in [-0.05, 0) is 43.7 Å². The van der Waals surface area contributed by atoms with Gasteiger partial charge in [0, 0.05) is 17.8 Å². The number of nitriles is 1. The molecule has 0 bridgehead atoms.